The number of carbonyl (C=O) groups excluding carboxylic acids is 1. The third-order valence-electron chi connectivity index (χ3n) is 4.90. The molecule has 3 aromatic rings. The zero-order valence-corrected chi connectivity index (χ0v) is 18.7. The molecule has 0 aliphatic heterocycles. The van der Waals surface area contributed by atoms with Gasteiger partial charge in [0.25, 0.3) is 5.91 Å². The molecule has 0 fully saturated rings. The zero-order valence-electron chi connectivity index (χ0n) is 17.1. The molecule has 0 aliphatic rings. The van der Waals surface area contributed by atoms with Crippen LogP contribution in [0.25, 0.3) is 0 Å². The van der Waals surface area contributed by atoms with E-state index in [2.05, 4.69) is 31.6 Å². The molecule has 0 radical (unpaired) electrons. The predicted molar refractivity (Wildman–Crippen MR) is 116 cm³/mol. The SMILES string of the molecule is CCc1c(C(=O)NC(C)C(OC)c2ccc(Br)cc2)nnn1Cc1ccc(F)cc1. The molecular formula is C22H24BrFN4O2. The van der Waals surface area contributed by atoms with E-state index < -0.39 is 0 Å². The highest BCUT2D eigenvalue weighted by Crippen LogP contribution is 2.23. The van der Waals surface area contributed by atoms with E-state index in [0.717, 1.165) is 21.3 Å². The Hall–Kier alpha value is -2.58. The number of rotatable bonds is 8. The van der Waals surface area contributed by atoms with Crippen LogP contribution in [0.15, 0.2) is 53.0 Å². The lowest BCUT2D eigenvalue weighted by molar-refractivity contribution is 0.0642. The van der Waals surface area contributed by atoms with Crippen LogP contribution < -0.4 is 5.32 Å². The minimum atomic E-state index is -0.304. The summed E-state index contributed by atoms with van der Waals surface area (Å²) in [5.74, 6) is -0.593. The van der Waals surface area contributed by atoms with E-state index in [0.29, 0.717) is 13.0 Å². The van der Waals surface area contributed by atoms with Crippen molar-refractivity contribution in [2.24, 2.45) is 0 Å². The number of ether oxygens (including phenoxy) is 1. The molecule has 1 N–H and O–H groups in total. The third-order valence-corrected chi connectivity index (χ3v) is 5.43. The van der Waals surface area contributed by atoms with Crippen molar-refractivity contribution in [2.75, 3.05) is 7.11 Å². The topological polar surface area (TPSA) is 69.0 Å². The van der Waals surface area contributed by atoms with Crippen molar-refractivity contribution >= 4 is 21.8 Å². The molecule has 1 amide bonds. The summed E-state index contributed by atoms with van der Waals surface area (Å²) in [6.07, 6.45) is 0.285. The van der Waals surface area contributed by atoms with Crippen LogP contribution in [-0.2, 0) is 17.7 Å². The maximum Gasteiger partial charge on any atom is 0.274 e. The van der Waals surface area contributed by atoms with Crippen molar-refractivity contribution in [1.82, 2.24) is 20.3 Å². The standard InChI is InChI=1S/C22H24BrFN4O2/c1-4-19-20(26-27-28(19)13-15-5-11-18(24)12-6-15)22(29)25-14(2)21(30-3)16-7-9-17(23)10-8-16/h5-12,14,21H,4,13H2,1-3H3,(H,25,29). The number of aromatic nitrogens is 3. The summed E-state index contributed by atoms with van der Waals surface area (Å²) >= 11 is 3.42. The fraction of sp³-hybridized carbons (Fsp3) is 0.318. The molecule has 2 atom stereocenters. The van der Waals surface area contributed by atoms with Gasteiger partial charge in [0.05, 0.1) is 18.3 Å². The van der Waals surface area contributed by atoms with Gasteiger partial charge >= 0.3 is 0 Å². The van der Waals surface area contributed by atoms with E-state index in [1.54, 1.807) is 23.9 Å². The number of halogens is 2. The Morgan fingerprint density at radius 3 is 2.47 bits per heavy atom. The molecule has 3 rings (SSSR count). The summed E-state index contributed by atoms with van der Waals surface area (Å²) in [4.78, 5) is 12.9. The average molecular weight is 475 g/mol. The number of nitrogens with zero attached hydrogens (tertiary/aromatic N) is 3. The number of carbonyl (C=O) groups is 1. The lowest BCUT2D eigenvalue weighted by atomic mass is 10.0. The van der Waals surface area contributed by atoms with Gasteiger partial charge in [0.15, 0.2) is 5.69 Å². The first-order valence-corrected chi connectivity index (χ1v) is 10.5. The Kier molecular flexibility index (Phi) is 7.33. The molecule has 2 aromatic carbocycles. The molecule has 0 aliphatic carbocycles. The van der Waals surface area contributed by atoms with Crippen molar-refractivity contribution < 1.29 is 13.9 Å². The maximum absolute atomic E-state index is 13.1. The van der Waals surface area contributed by atoms with Crippen molar-refractivity contribution in [2.45, 2.75) is 39.0 Å². The van der Waals surface area contributed by atoms with Crippen LogP contribution in [0, 0.1) is 5.82 Å². The summed E-state index contributed by atoms with van der Waals surface area (Å²) < 4.78 is 21.4. The Labute approximate surface area is 183 Å². The van der Waals surface area contributed by atoms with Gasteiger partial charge < -0.3 is 10.1 Å². The first kappa shape index (κ1) is 22.1. The second-order valence-corrected chi connectivity index (χ2v) is 7.91. The van der Waals surface area contributed by atoms with Gasteiger partial charge in [-0.2, -0.15) is 0 Å². The molecule has 0 saturated heterocycles. The first-order valence-electron chi connectivity index (χ1n) is 9.68. The first-order chi connectivity index (χ1) is 14.4. The Morgan fingerprint density at radius 2 is 1.87 bits per heavy atom. The fourth-order valence-corrected chi connectivity index (χ4v) is 3.65. The third kappa shape index (κ3) is 5.12. The highest BCUT2D eigenvalue weighted by molar-refractivity contribution is 9.10. The average Bonchev–Trinajstić information content (AvgIpc) is 3.14. The zero-order chi connectivity index (χ0) is 21.7. The molecular weight excluding hydrogens is 451 g/mol. The van der Waals surface area contributed by atoms with Crippen LogP contribution in [0.3, 0.4) is 0 Å². The number of amides is 1. The van der Waals surface area contributed by atoms with Crippen molar-refractivity contribution in [3.05, 3.63) is 81.3 Å². The predicted octanol–water partition coefficient (Wildman–Crippen LogP) is 4.30. The smallest absolute Gasteiger partial charge is 0.274 e. The van der Waals surface area contributed by atoms with E-state index in [1.165, 1.54) is 12.1 Å². The molecule has 30 heavy (non-hydrogen) atoms. The number of nitrogens with one attached hydrogen (secondary N) is 1. The summed E-state index contributed by atoms with van der Waals surface area (Å²) in [5, 5.41) is 11.2. The second kappa shape index (κ2) is 9.95. The van der Waals surface area contributed by atoms with Crippen molar-refractivity contribution in [3.63, 3.8) is 0 Å². The minimum Gasteiger partial charge on any atom is -0.375 e. The largest absolute Gasteiger partial charge is 0.375 e. The maximum atomic E-state index is 13.1. The number of benzene rings is 2. The van der Waals surface area contributed by atoms with Crippen molar-refractivity contribution in [1.29, 1.82) is 0 Å². The van der Waals surface area contributed by atoms with Gasteiger partial charge in [-0.05, 0) is 48.7 Å². The molecule has 2 unspecified atom stereocenters. The lowest BCUT2D eigenvalue weighted by Gasteiger charge is -2.24. The molecule has 0 spiro atoms. The molecule has 0 bridgehead atoms. The van der Waals surface area contributed by atoms with Crippen LogP contribution >= 0.6 is 15.9 Å². The molecule has 158 valence electrons. The monoisotopic (exact) mass is 474 g/mol. The molecule has 1 aromatic heterocycles. The second-order valence-electron chi connectivity index (χ2n) is 6.99. The Bertz CT molecular complexity index is 989. The summed E-state index contributed by atoms with van der Waals surface area (Å²) in [5.41, 5.74) is 2.86. The van der Waals surface area contributed by atoms with E-state index in [4.69, 9.17) is 4.74 Å². The fourth-order valence-electron chi connectivity index (χ4n) is 3.38. The van der Waals surface area contributed by atoms with Crippen LogP contribution in [0.4, 0.5) is 4.39 Å². The summed E-state index contributed by atoms with van der Waals surface area (Å²) in [7, 11) is 1.62. The van der Waals surface area contributed by atoms with Crippen molar-refractivity contribution in [3.8, 4) is 0 Å². The van der Waals surface area contributed by atoms with Gasteiger partial charge in [-0.1, -0.05) is 52.3 Å². The van der Waals surface area contributed by atoms with Gasteiger partial charge in [-0.15, -0.1) is 5.10 Å². The van der Waals surface area contributed by atoms with Crippen LogP contribution in [-0.4, -0.2) is 34.1 Å². The summed E-state index contributed by atoms with van der Waals surface area (Å²) in [6, 6.07) is 13.7. The number of hydrogen-bond donors (Lipinski definition) is 1. The summed E-state index contributed by atoms with van der Waals surface area (Å²) in [6.45, 7) is 4.25. The van der Waals surface area contributed by atoms with Crippen LogP contribution in [0.5, 0.6) is 0 Å². The van der Waals surface area contributed by atoms with Crippen LogP contribution in [0.2, 0.25) is 0 Å². The highest BCUT2D eigenvalue weighted by atomic mass is 79.9. The van der Waals surface area contributed by atoms with Gasteiger partial charge in [-0.25, -0.2) is 9.07 Å². The molecule has 6 nitrogen and oxygen atoms in total. The molecule has 8 heteroatoms. The van der Waals surface area contributed by atoms with E-state index in [1.807, 2.05) is 38.1 Å². The van der Waals surface area contributed by atoms with Gasteiger partial charge in [-0.3, -0.25) is 4.79 Å². The van der Waals surface area contributed by atoms with E-state index >= 15 is 0 Å². The molecule has 1 heterocycles. The van der Waals surface area contributed by atoms with Gasteiger partial charge in [0.1, 0.15) is 11.9 Å². The Morgan fingerprint density at radius 1 is 1.20 bits per heavy atom. The number of hydrogen-bond acceptors (Lipinski definition) is 4. The molecule has 0 saturated carbocycles. The number of methoxy groups -OCH3 is 1. The lowest BCUT2D eigenvalue weighted by Crippen LogP contribution is -2.38. The quantitative estimate of drug-likeness (QED) is 0.528. The van der Waals surface area contributed by atoms with Gasteiger partial charge in [0.2, 0.25) is 0 Å². The normalized spacial score (nSPS) is 13.1. The Balaban J connectivity index is 1.75. The van der Waals surface area contributed by atoms with Gasteiger partial charge in [0, 0.05) is 11.6 Å². The van der Waals surface area contributed by atoms with Crippen LogP contribution in [0.1, 0.15) is 47.3 Å². The van der Waals surface area contributed by atoms with E-state index in [9.17, 15) is 9.18 Å². The minimum absolute atomic E-state index is 0.282. The van der Waals surface area contributed by atoms with E-state index in [-0.39, 0.29) is 29.6 Å². The highest BCUT2D eigenvalue weighted by Gasteiger charge is 2.25.